The summed E-state index contributed by atoms with van der Waals surface area (Å²) in [5.74, 6) is 0.101. The van der Waals surface area contributed by atoms with Gasteiger partial charge in [0.25, 0.3) is 5.91 Å². The number of aromatic amines is 1. The van der Waals surface area contributed by atoms with Crippen LogP contribution in [0.25, 0.3) is 0 Å². The van der Waals surface area contributed by atoms with Crippen LogP contribution in [0.1, 0.15) is 21.8 Å². The number of hydrogen-bond donors (Lipinski definition) is 2. The van der Waals surface area contributed by atoms with Crippen LogP contribution in [0, 0.1) is 6.92 Å². The number of amides is 1. The van der Waals surface area contributed by atoms with Crippen LogP contribution in [0.3, 0.4) is 0 Å². The average molecular weight is 233 g/mol. The average Bonchev–Trinajstić information content (AvgIpc) is 2.73. The number of rotatable bonds is 3. The number of carbonyl (C=O) groups excluding carboxylic acids is 1. The van der Waals surface area contributed by atoms with Gasteiger partial charge in [-0.2, -0.15) is 0 Å². The van der Waals surface area contributed by atoms with Crippen molar-refractivity contribution in [1.82, 2.24) is 15.5 Å². The van der Waals surface area contributed by atoms with Crippen LogP contribution in [-0.2, 0) is 6.54 Å². The molecule has 0 unspecified atom stereocenters. The van der Waals surface area contributed by atoms with Gasteiger partial charge < -0.3 is 14.8 Å². The van der Waals surface area contributed by atoms with Gasteiger partial charge >= 0.3 is 0 Å². The van der Waals surface area contributed by atoms with E-state index >= 15 is 0 Å². The van der Waals surface area contributed by atoms with Crippen LogP contribution in [-0.4, -0.2) is 16.0 Å². The van der Waals surface area contributed by atoms with Crippen molar-refractivity contribution in [1.29, 1.82) is 0 Å². The molecule has 0 spiro atoms. The van der Waals surface area contributed by atoms with E-state index in [1.54, 1.807) is 13.0 Å². The standard InChI is InChI=1S/C11H11N3O3/c1-7-4-8(17-14-7)5-13-11(16)9-6-12-3-2-10(9)15/h2-4,6H,5H2,1H3,(H,12,15)(H,13,16). The largest absolute Gasteiger partial charge is 0.367 e. The monoisotopic (exact) mass is 233 g/mol. The molecule has 0 fully saturated rings. The zero-order chi connectivity index (χ0) is 12.3. The summed E-state index contributed by atoms with van der Waals surface area (Å²) >= 11 is 0. The minimum absolute atomic E-state index is 0.0729. The van der Waals surface area contributed by atoms with Gasteiger partial charge in [0, 0.05) is 24.5 Å². The highest BCUT2D eigenvalue weighted by Crippen LogP contribution is 2.01. The van der Waals surface area contributed by atoms with E-state index in [9.17, 15) is 9.59 Å². The number of H-pyrrole nitrogens is 1. The predicted octanol–water partition coefficient (Wildman–Crippen LogP) is 0.601. The van der Waals surface area contributed by atoms with Crippen molar-refractivity contribution >= 4 is 5.91 Å². The van der Waals surface area contributed by atoms with Crippen molar-refractivity contribution in [2.45, 2.75) is 13.5 Å². The summed E-state index contributed by atoms with van der Waals surface area (Å²) in [7, 11) is 0. The Morgan fingerprint density at radius 3 is 3.06 bits per heavy atom. The third kappa shape index (κ3) is 2.60. The molecule has 2 rings (SSSR count). The lowest BCUT2D eigenvalue weighted by Crippen LogP contribution is -2.27. The Labute approximate surface area is 96.6 Å². The first kappa shape index (κ1) is 11.1. The Hall–Kier alpha value is -2.37. The molecule has 88 valence electrons. The van der Waals surface area contributed by atoms with Crippen LogP contribution < -0.4 is 10.7 Å². The highest BCUT2D eigenvalue weighted by Gasteiger charge is 2.10. The molecule has 0 saturated carbocycles. The topological polar surface area (TPSA) is 88.0 Å². The number of aryl methyl sites for hydroxylation is 1. The summed E-state index contributed by atoms with van der Waals surface area (Å²) in [4.78, 5) is 25.7. The number of carbonyl (C=O) groups is 1. The lowest BCUT2D eigenvalue weighted by molar-refractivity contribution is 0.0945. The van der Waals surface area contributed by atoms with Crippen molar-refractivity contribution in [3.05, 3.63) is 51.8 Å². The molecule has 2 aromatic rings. The number of nitrogens with zero attached hydrogens (tertiary/aromatic N) is 1. The Balaban J connectivity index is 2.03. The van der Waals surface area contributed by atoms with E-state index in [0.29, 0.717) is 5.76 Å². The summed E-state index contributed by atoms with van der Waals surface area (Å²) in [6.45, 7) is 1.99. The summed E-state index contributed by atoms with van der Waals surface area (Å²) in [6.07, 6.45) is 2.84. The summed E-state index contributed by atoms with van der Waals surface area (Å²) in [6, 6.07) is 3.02. The van der Waals surface area contributed by atoms with Gasteiger partial charge in [-0.05, 0) is 6.92 Å². The predicted molar refractivity (Wildman–Crippen MR) is 59.5 cm³/mol. The molecular weight excluding hydrogens is 222 g/mol. The van der Waals surface area contributed by atoms with Crippen molar-refractivity contribution in [2.24, 2.45) is 0 Å². The second-order valence-electron chi connectivity index (χ2n) is 3.54. The molecule has 0 aliphatic carbocycles. The number of nitrogens with one attached hydrogen (secondary N) is 2. The van der Waals surface area contributed by atoms with Gasteiger partial charge in [-0.25, -0.2) is 0 Å². The molecule has 6 heteroatoms. The molecular formula is C11H11N3O3. The highest BCUT2D eigenvalue weighted by molar-refractivity contribution is 5.93. The molecule has 0 saturated heterocycles. The Kier molecular flexibility index (Phi) is 3.04. The fraction of sp³-hybridized carbons (Fsp3) is 0.182. The lowest BCUT2D eigenvalue weighted by atomic mass is 10.2. The van der Waals surface area contributed by atoms with Crippen molar-refractivity contribution in [3.63, 3.8) is 0 Å². The molecule has 17 heavy (non-hydrogen) atoms. The number of pyridine rings is 1. The first-order valence-electron chi connectivity index (χ1n) is 5.04. The van der Waals surface area contributed by atoms with E-state index < -0.39 is 5.91 Å². The quantitative estimate of drug-likeness (QED) is 0.812. The zero-order valence-corrected chi connectivity index (χ0v) is 9.19. The molecule has 0 aliphatic heterocycles. The smallest absolute Gasteiger partial charge is 0.257 e. The highest BCUT2D eigenvalue weighted by atomic mass is 16.5. The van der Waals surface area contributed by atoms with Crippen LogP contribution in [0.2, 0.25) is 0 Å². The van der Waals surface area contributed by atoms with E-state index in [0.717, 1.165) is 5.69 Å². The Bertz CT molecular complexity index is 585. The first-order chi connectivity index (χ1) is 8.16. The second-order valence-corrected chi connectivity index (χ2v) is 3.54. The van der Waals surface area contributed by atoms with Gasteiger partial charge in [-0.3, -0.25) is 9.59 Å². The van der Waals surface area contributed by atoms with E-state index in [-0.39, 0.29) is 17.5 Å². The van der Waals surface area contributed by atoms with Crippen molar-refractivity contribution in [2.75, 3.05) is 0 Å². The molecule has 2 aromatic heterocycles. The first-order valence-corrected chi connectivity index (χ1v) is 5.04. The summed E-state index contributed by atoms with van der Waals surface area (Å²) in [5.41, 5.74) is 0.491. The minimum atomic E-state index is -0.444. The van der Waals surface area contributed by atoms with Crippen LogP contribution in [0.15, 0.2) is 33.8 Å². The fourth-order valence-corrected chi connectivity index (χ4v) is 1.36. The maximum absolute atomic E-state index is 11.7. The van der Waals surface area contributed by atoms with Crippen molar-refractivity contribution < 1.29 is 9.32 Å². The SMILES string of the molecule is Cc1cc(CNC(=O)c2c[nH]ccc2=O)on1. The third-order valence-electron chi connectivity index (χ3n) is 2.17. The minimum Gasteiger partial charge on any atom is -0.367 e. The molecule has 0 aromatic carbocycles. The van der Waals surface area contributed by atoms with Gasteiger partial charge in [0.2, 0.25) is 0 Å². The molecule has 2 heterocycles. The lowest BCUT2D eigenvalue weighted by Gasteiger charge is -2.01. The second kappa shape index (κ2) is 4.65. The van der Waals surface area contributed by atoms with E-state index in [1.165, 1.54) is 18.5 Å². The molecule has 2 N–H and O–H groups in total. The Morgan fingerprint density at radius 1 is 1.59 bits per heavy atom. The Morgan fingerprint density at radius 2 is 2.41 bits per heavy atom. The number of hydrogen-bond acceptors (Lipinski definition) is 4. The van der Waals surface area contributed by atoms with Gasteiger partial charge in [-0.1, -0.05) is 5.16 Å². The molecule has 1 amide bonds. The maximum Gasteiger partial charge on any atom is 0.257 e. The molecule has 6 nitrogen and oxygen atoms in total. The van der Waals surface area contributed by atoms with Gasteiger partial charge in [0.1, 0.15) is 5.56 Å². The molecule has 0 atom stereocenters. The summed E-state index contributed by atoms with van der Waals surface area (Å²) in [5, 5.41) is 6.27. The van der Waals surface area contributed by atoms with E-state index in [2.05, 4.69) is 15.5 Å². The van der Waals surface area contributed by atoms with E-state index in [1.807, 2.05) is 0 Å². The molecule has 0 aliphatic rings. The number of aromatic nitrogens is 2. The normalized spacial score (nSPS) is 10.2. The third-order valence-corrected chi connectivity index (χ3v) is 2.17. The van der Waals surface area contributed by atoms with Crippen LogP contribution in [0.4, 0.5) is 0 Å². The van der Waals surface area contributed by atoms with Crippen LogP contribution in [0.5, 0.6) is 0 Å². The van der Waals surface area contributed by atoms with Crippen LogP contribution >= 0.6 is 0 Å². The van der Waals surface area contributed by atoms with E-state index in [4.69, 9.17) is 4.52 Å². The van der Waals surface area contributed by atoms with Crippen molar-refractivity contribution in [3.8, 4) is 0 Å². The molecule has 0 radical (unpaired) electrons. The fourth-order valence-electron chi connectivity index (χ4n) is 1.36. The van der Waals surface area contributed by atoms with Gasteiger partial charge in [0.05, 0.1) is 12.2 Å². The van der Waals surface area contributed by atoms with Gasteiger partial charge in [0.15, 0.2) is 11.2 Å². The van der Waals surface area contributed by atoms with Gasteiger partial charge in [-0.15, -0.1) is 0 Å². The summed E-state index contributed by atoms with van der Waals surface area (Å²) < 4.78 is 4.93. The molecule has 0 bridgehead atoms. The zero-order valence-electron chi connectivity index (χ0n) is 9.19. The maximum atomic E-state index is 11.7.